The Morgan fingerprint density at radius 1 is 1.08 bits per heavy atom. The van der Waals surface area contributed by atoms with Gasteiger partial charge in [0.1, 0.15) is 23.9 Å². The molecular weight excluding hydrogens is 333 g/mol. The van der Waals surface area contributed by atoms with Crippen molar-refractivity contribution in [1.82, 2.24) is 4.98 Å². The molecule has 1 aliphatic heterocycles. The molecule has 5 heteroatoms. The third-order valence-corrected chi connectivity index (χ3v) is 4.25. The molecule has 0 saturated carbocycles. The molecule has 26 heavy (non-hydrogen) atoms. The molecule has 1 aromatic heterocycles. The van der Waals surface area contributed by atoms with Crippen LogP contribution in [0.1, 0.15) is 22.3 Å². The number of nitrogens with zero attached hydrogens (tertiary/aromatic N) is 1. The van der Waals surface area contributed by atoms with Crippen molar-refractivity contribution in [2.24, 2.45) is 0 Å². The van der Waals surface area contributed by atoms with Crippen molar-refractivity contribution in [3.05, 3.63) is 77.9 Å². The zero-order valence-corrected chi connectivity index (χ0v) is 13.9. The number of carbonyl (C=O) groups is 1. The maximum atomic E-state index is 13.7. The van der Waals surface area contributed by atoms with E-state index in [-0.39, 0.29) is 11.6 Å². The van der Waals surface area contributed by atoms with Gasteiger partial charge in [0.2, 0.25) is 0 Å². The van der Waals surface area contributed by atoms with Crippen LogP contribution >= 0.6 is 0 Å². The first-order chi connectivity index (χ1) is 12.7. The van der Waals surface area contributed by atoms with Crippen LogP contribution in [-0.2, 0) is 6.61 Å². The Morgan fingerprint density at radius 2 is 1.92 bits per heavy atom. The van der Waals surface area contributed by atoms with Crippen molar-refractivity contribution in [3.8, 4) is 22.6 Å². The Bertz CT molecular complexity index is 957. The van der Waals surface area contributed by atoms with Gasteiger partial charge < -0.3 is 9.47 Å². The van der Waals surface area contributed by atoms with Crippen LogP contribution in [-0.4, -0.2) is 17.4 Å². The maximum absolute atomic E-state index is 13.7. The van der Waals surface area contributed by atoms with Gasteiger partial charge in [-0.05, 0) is 41.5 Å². The lowest BCUT2D eigenvalue weighted by atomic mass is 9.97. The van der Waals surface area contributed by atoms with Gasteiger partial charge in [0, 0.05) is 30.4 Å². The Balaban J connectivity index is 1.76. The van der Waals surface area contributed by atoms with Crippen LogP contribution < -0.4 is 9.47 Å². The number of ether oxygens (including phenoxy) is 2. The van der Waals surface area contributed by atoms with E-state index in [1.165, 1.54) is 12.1 Å². The third kappa shape index (κ3) is 3.28. The zero-order chi connectivity index (χ0) is 17.9. The van der Waals surface area contributed by atoms with Crippen molar-refractivity contribution in [3.63, 3.8) is 0 Å². The van der Waals surface area contributed by atoms with Crippen LogP contribution in [0.4, 0.5) is 4.39 Å². The Labute approximate surface area is 150 Å². The highest BCUT2D eigenvalue weighted by atomic mass is 19.1. The summed E-state index contributed by atoms with van der Waals surface area (Å²) >= 11 is 0. The van der Waals surface area contributed by atoms with Crippen molar-refractivity contribution in [2.45, 2.75) is 13.0 Å². The molecule has 130 valence electrons. The van der Waals surface area contributed by atoms with Gasteiger partial charge >= 0.3 is 0 Å². The van der Waals surface area contributed by atoms with Crippen molar-refractivity contribution < 1.29 is 18.7 Å². The first-order valence-corrected chi connectivity index (χ1v) is 8.32. The van der Waals surface area contributed by atoms with E-state index >= 15 is 0 Å². The smallest absolute Gasteiger partial charge is 0.170 e. The second kappa shape index (κ2) is 6.96. The monoisotopic (exact) mass is 349 g/mol. The number of hydrogen-bond acceptors (Lipinski definition) is 4. The SMILES string of the molecule is O=C1CCOc2cc(OCc3ccncc3)c(-c3cccc(F)c3)cc21. The van der Waals surface area contributed by atoms with Crippen LogP contribution in [0.15, 0.2) is 60.9 Å². The van der Waals surface area contributed by atoms with E-state index in [0.717, 1.165) is 5.56 Å². The van der Waals surface area contributed by atoms with E-state index < -0.39 is 0 Å². The minimum atomic E-state index is -0.345. The van der Waals surface area contributed by atoms with Gasteiger partial charge in [-0.2, -0.15) is 0 Å². The molecule has 0 aliphatic carbocycles. The molecule has 2 heterocycles. The van der Waals surface area contributed by atoms with Gasteiger partial charge in [-0.1, -0.05) is 12.1 Å². The molecule has 0 unspecified atom stereocenters. The fraction of sp³-hybridized carbons (Fsp3) is 0.143. The highest BCUT2D eigenvalue weighted by Gasteiger charge is 2.22. The normalized spacial score (nSPS) is 13.0. The van der Waals surface area contributed by atoms with Crippen LogP contribution in [0, 0.1) is 5.82 Å². The molecule has 2 aromatic carbocycles. The molecule has 0 saturated heterocycles. The summed E-state index contributed by atoms with van der Waals surface area (Å²) in [6.07, 6.45) is 3.73. The fourth-order valence-corrected chi connectivity index (χ4v) is 2.93. The molecule has 0 spiro atoms. The quantitative estimate of drug-likeness (QED) is 0.699. The average molecular weight is 349 g/mol. The van der Waals surface area contributed by atoms with Gasteiger partial charge in [0.05, 0.1) is 12.2 Å². The van der Waals surface area contributed by atoms with Crippen LogP contribution in [0.2, 0.25) is 0 Å². The van der Waals surface area contributed by atoms with Crippen LogP contribution in [0.25, 0.3) is 11.1 Å². The lowest BCUT2D eigenvalue weighted by molar-refractivity contribution is 0.0933. The van der Waals surface area contributed by atoms with Gasteiger partial charge in [0.15, 0.2) is 5.78 Å². The summed E-state index contributed by atoms with van der Waals surface area (Å²) in [7, 11) is 0. The van der Waals surface area contributed by atoms with E-state index in [0.29, 0.717) is 47.8 Å². The maximum Gasteiger partial charge on any atom is 0.170 e. The summed E-state index contributed by atoms with van der Waals surface area (Å²) in [5.41, 5.74) is 2.78. The van der Waals surface area contributed by atoms with Gasteiger partial charge in [-0.15, -0.1) is 0 Å². The molecule has 0 fully saturated rings. The molecular formula is C21H16FNO3. The first kappa shape index (κ1) is 16.3. The minimum Gasteiger partial charge on any atom is -0.492 e. The third-order valence-electron chi connectivity index (χ3n) is 4.25. The summed E-state index contributed by atoms with van der Waals surface area (Å²) in [5, 5.41) is 0. The van der Waals surface area contributed by atoms with Gasteiger partial charge in [-0.25, -0.2) is 4.39 Å². The number of pyridine rings is 1. The molecule has 0 N–H and O–H groups in total. The Hall–Kier alpha value is -3.21. The summed E-state index contributed by atoms with van der Waals surface area (Å²) in [5.74, 6) is 0.722. The molecule has 0 bridgehead atoms. The first-order valence-electron chi connectivity index (χ1n) is 8.32. The Kier molecular flexibility index (Phi) is 4.35. The number of ketones is 1. The van der Waals surface area contributed by atoms with E-state index in [4.69, 9.17) is 9.47 Å². The second-order valence-corrected chi connectivity index (χ2v) is 6.02. The number of benzene rings is 2. The summed E-state index contributed by atoms with van der Waals surface area (Å²) in [6, 6.07) is 13.4. The predicted molar refractivity (Wildman–Crippen MR) is 94.8 cm³/mol. The van der Waals surface area contributed by atoms with E-state index in [9.17, 15) is 9.18 Å². The molecule has 0 radical (unpaired) electrons. The average Bonchev–Trinajstić information content (AvgIpc) is 2.67. The molecule has 4 rings (SSSR count). The number of fused-ring (bicyclic) bond motifs is 1. The van der Waals surface area contributed by atoms with Crippen LogP contribution in [0.5, 0.6) is 11.5 Å². The molecule has 3 aromatic rings. The number of hydrogen-bond donors (Lipinski definition) is 0. The van der Waals surface area contributed by atoms with E-state index in [1.807, 2.05) is 12.1 Å². The summed E-state index contributed by atoms with van der Waals surface area (Å²) in [4.78, 5) is 16.2. The highest BCUT2D eigenvalue weighted by molar-refractivity contribution is 6.01. The lowest BCUT2D eigenvalue weighted by Gasteiger charge is -2.20. The predicted octanol–water partition coefficient (Wildman–Crippen LogP) is 4.43. The van der Waals surface area contributed by atoms with Crippen molar-refractivity contribution in [2.75, 3.05) is 6.61 Å². The topological polar surface area (TPSA) is 48.4 Å². The number of halogens is 1. The summed E-state index contributed by atoms with van der Waals surface area (Å²) in [6.45, 7) is 0.687. The number of Topliss-reactive ketones (excluding diaryl/α,β-unsaturated/α-hetero) is 1. The minimum absolute atomic E-state index is 0.0181. The Morgan fingerprint density at radius 3 is 2.73 bits per heavy atom. The number of rotatable bonds is 4. The van der Waals surface area contributed by atoms with Crippen molar-refractivity contribution in [1.29, 1.82) is 0 Å². The van der Waals surface area contributed by atoms with Crippen molar-refractivity contribution >= 4 is 5.78 Å². The standard InChI is InChI=1S/C21H16FNO3/c22-16-3-1-2-15(10-16)17-11-18-19(24)6-9-25-21(18)12-20(17)26-13-14-4-7-23-8-5-14/h1-5,7-8,10-12H,6,9,13H2. The van der Waals surface area contributed by atoms with Gasteiger partial charge in [-0.3, -0.25) is 9.78 Å². The van der Waals surface area contributed by atoms with E-state index in [2.05, 4.69) is 4.98 Å². The molecule has 1 aliphatic rings. The van der Waals surface area contributed by atoms with E-state index in [1.54, 1.807) is 36.7 Å². The molecule has 0 atom stereocenters. The fourth-order valence-electron chi connectivity index (χ4n) is 2.93. The molecule has 4 nitrogen and oxygen atoms in total. The number of aromatic nitrogens is 1. The molecule has 0 amide bonds. The highest BCUT2D eigenvalue weighted by Crippen LogP contribution is 2.38. The van der Waals surface area contributed by atoms with Gasteiger partial charge in [0.25, 0.3) is 0 Å². The zero-order valence-electron chi connectivity index (χ0n) is 13.9. The summed E-state index contributed by atoms with van der Waals surface area (Å²) < 4.78 is 25.3. The van der Waals surface area contributed by atoms with Crippen LogP contribution in [0.3, 0.4) is 0 Å². The largest absolute Gasteiger partial charge is 0.492 e. The second-order valence-electron chi connectivity index (χ2n) is 6.02. The number of carbonyl (C=O) groups excluding carboxylic acids is 1. The lowest BCUT2D eigenvalue weighted by Crippen LogP contribution is -2.15.